The summed E-state index contributed by atoms with van der Waals surface area (Å²) in [4.78, 5) is 44.2. The molecule has 0 radical (unpaired) electrons. The predicted molar refractivity (Wildman–Crippen MR) is 105 cm³/mol. The SMILES string of the molecule is CCC(C(=O)N1CCc2c(sc3c2C(=O)N(C)CC(=O)N3C)C1)n1cccn1. The standard InChI is InChI=1S/C19H23N5O3S/c1-4-13(24-8-5-7-20-24)17(26)23-9-6-12-14(10-23)28-19-16(12)18(27)21(2)11-15(25)22(19)3/h5,7-8,13H,4,6,9-11H2,1-3H3. The Bertz CT molecular complexity index is 936. The fraction of sp³-hybridized carbons (Fsp3) is 0.474. The molecule has 1 unspecified atom stereocenters. The van der Waals surface area contributed by atoms with Gasteiger partial charge < -0.3 is 14.7 Å². The quantitative estimate of drug-likeness (QED) is 0.781. The van der Waals surface area contributed by atoms with E-state index in [2.05, 4.69) is 5.10 Å². The Morgan fingerprint density at radius 3 is 2.75 bits per heavy atom. The van der Waals surface area contributed by atoms with E-state index in [4.69, 9.17) is 0 Å². The van der Waals surface area contributed by atoms with Crippen molar-refractivity contribution >= 4 is 34.1 Å². The molecule has 3 amide bonds. The highest BCUT2D eigenvalue weighted by Gasteiger charge is 2.37. The van der Waals surface area contributed by atoms with E-state index in [0.29, 0.717) is 36.5 Å². The molecule has 4 heterocycles. The van der Waals surface area contributed by atoms with Gasteiger partial charge in [-0.2, -0.15) is 5.10 Å². The van der Waals surface area contributed by atoms with Gasteiger partial charge in [-0.05, 0) is 24.5 Å². The van der Waals surface area contributed by atoms with Crippen LogP contribution in [0.25, 0.3) is 0 Å². The molecule has 2 aliphatic rings. The normalized spacial score (nSPS) is 18.0. The van der Waals surface area contributed by atoms with Gasteiger partial charge in [0, 0.05) is 37.9 Å². The molecule has 148 valence electrons. The lowest BCUT2D eigenvalue weighted by Crippen LogP contribution is -2.40. The van der Waals surface area contributed by atoms with Crippen LogP contribution >= 0.6 is 11.3 Å². The molecule has 2 aromatic rings. The molecule has 9 heteroatoms. The Morgan fingerprint density at radius 2 is 2.07 bits per heavy atom. The van der Waals surface area contributed by atoms with Crippen molar-refractivity contribution in [2.24, 2.45) is 0 Å². The van der Waals surface area contributed by atoms with Gasteiger partial charge in [0.2, 0.25) is 11.8 Å². The zero-order valence-electron chi connectivity index (χ0n) is 16.2. The maximum Gasteiger partial charge on any atom is 0.257 e. The van der Waals surface area contributed by atoms with E-state index in [-0.39, 0.29) is 30.3 Å². The maximum absolute atomic E-state index is 13.1. The van der Waals surface area contributed by atoms with Crippen LogP contribution in [-0.2, 0) is 22.6 Å². The third-order valence-electron chi connectivity index (χ3n) is 5.48. The summed E-state index contributed by atoms with van der Waals surface area (Å²) < 4.78 is 1.70. The topological polar surface area (TPSA) is 78.8 Å². The van der Waals surface area contributed by atoms with Gasteiger partial charge in [0.05, 0.1) is 12.1 Å². The van der Waals surface area contributed by atoms with Crippen molar-refractivity contribution in [1.29, 1.82) is 0 Å². The van der Waals surface area contributed by atoms with Gasteiger partial charge in [-0.3, -0.25) is 19.1 Å². The highest BCUT2D eigenvalue weighted by atomic mass is 32.1. The van der Waals surface area contributed by atoms with Gasteiger partial charge in [-0.15, -0.1) is 11.3 Å². The number of anilines is 1. The van der Waals surface area contributed by atoms with Crippen LogP contribution in [0.5, 0.6) is 0 Å². The Balaban J connectivity index is 1.65. The minimum atomic E-state index is -0.327. The maximum atomic E-state index is 13.1. The number of nitrogens with zero attached hydrogens (tertiary/aromatic N) is 5. The second-order valence-electron chi connectivity index (χ2n) is 7.22. The Labute approximate surface area is 167 Å². The van der Waals surface area contributed by atoms with E-state index < -0.39 is 0 Å². The summed E-state index contributed by atoms with van der Waals surface area (Å²) in [6.07, 6.45) is 4.76. The third kappa shape index (κ3) is 2.90. The smallest absolute Gasteiger partial charge is 0.257 e. The summed E-state index contributed by atoms with van der Waals surface area (Å²) in [6, 6.07) is 1.49. The molecule has 0 saturated carbocycles. The van der Waals surface area contributed by atoms with Gasteiger partial charge >= 0.3 is 0 Å². The number of amides is 3. The van der Waals surface area contributed by atoms with Crippen LogP contribution in [0, 0.1) is 0 Å². The van der Waals surface area contributed by atoms with Gasteiger partial charge in [0.15, 0.2) is 0 Å². The molecule has 4 rings (SSSR count). The molecule has 0 N–H and O–H groups in total. The van der Waals surface area contributed by atoms with Gasteiger partial charge in [0.25, 0.3) is 5.91 Å². The first-order valence-corrected chi connectivity index (χ1v) is 10.2. The molecule has 1 atom stereocenters. The number of likely N-dealkylation sites (N-methyl/N-ethyl adjacent to an activating group) is 2. The highest BCUT2D eigenvalue weighted by molar-refractivity contribution is 7.17. The Morgan fingerprint density at radius 1 is 1.29 bits per heavy atom. The number of aromatic nitrogens is 2. The summed E-state index contributed by atoms with van der Waals surface area (Å²) in [5.41, 5.74) is 1.61. The average Bonchev–Trinajstić information content (AvgIpc) is 3.32. The zero-order valence-corrected chi connectivity index (χ0v) is 17.0. The monoisotopic (exact) mass is 401 g/mol. The fourth-order valence-electron chi connectivity index (χ4n) is 3.87. The molecule has 0 aromatic carbocycles. The lowest BCUT2D eigenvalue weighted by Gasteiger charge is -2.30. The predicted octanol–water partition coefficient (Wildman–Crippen LogP) is 1.53. The molecular formula is C19H23N5O3S. The van der Waals surface area contributed by atoms with E-state index in [9.17, 15) is 14.4 Å². The lowest BCUT2D eigenvalue weighted by atomic mass is 10.0. The molecule has 0 bridgehead atoms. The van der Waals surface area contributed by atoms with Crippen molar-refractivity contribution in [1.82, 2.24) is 19.6 Å². The molecular weight excluding hydrogens is 378 g/mol. The number of carbonyl (C=O) groups excluding carboxylic acids is 3. The van der Waals surface area contributed by atoms with Gasteiger partial charge in [-0.1, -0.05) is 6.92 Å². The van der Waals surface area contributed by atoms with Gasteiger partial charge in [0.1, 0.15) is 17.6 Å². The first-order valence-electron chi connectivity index (χ1n) is 9.36. The minimum absolute atomic E-state index is 0.0355. The number of carbonyl (C=O) groups is 3. The number of hydrogen-bond donors (Lipinski definition) is 0. The van der Waals surface area contributed by atoms with E-state index in [1.54, 1.807) is 29.9 Å². The number of thiophene rings is 1. The van der Waals surface area contributed by atoms with Crippen LogP contribution in [0.15, 0.2) is 18.5 Å². The molecule has 2 aliphatic heterocycles. The zero-order chi connectivity index (χ0) is 20.0. The molecule has 0 saturated heterocycles. The number of fused-ring (bicyclic) bond motifs is 3. The minimum Gasteiger partial charge on any atom is -0.335 e. The van der Waals surface area contributed by atoms with Crippen LogP contribution in [-0.4, -0.2) is 64.5 Å². The van der Waals surface area contributed by atoms with E-state index in [0.717, 1.165) is 10.4 Å². The highest BCUT2D eigenvalue weighted by Crippen LogP contribution is 2.41. The Hall–Kier alpha value is -2.68. The average molecular weight is 401 g/mol. The number of hydrogen-bond acceptors (Lipinski definition) is 5. The van der Waals surface area contributed by atoms with Crippen molar-refractivity contribution in [3.63, 3.8) is 0 Å². The van der Waals surface area contributed by atoms with Crippen molar-refractivity contribution in [3.05, 3.63) is 34.5 Å². The fourth-order valence-corrected chi connectivity index (χ4v) is 5.20. The number of rotatable bonds is 3. The van der Waals surface area contributed by atoms with Crippen molar-refractivity contribution in [2.45, 2.75) is 32.4 Å². The molecule has 8 nitrogen and oxygen atoms in total. The van der Waals surface area contributed by atoms with Crippen molar-refractivity contribution < 1.29 is 14.4 Å². The van der Waals surface area contributed by atoms with Crippen LogP contribution < -0.4 is 4.90 Å². The first kappa shape index (κ1) is 18.7. The second-order valence-corrected chi connectivity index (χ2v) is 8.30. The third-order valence-corrected chi connectivity index (χ3v) is 6.77. The lowest BCUT2D eigenvalue weighted by molar-refractivity contribution is -0.136. The van der Waals surface area contributed by atoms with E-state index in [1.165, 1.54) is 16.2 Å². The van der Waals surface area contributed by atoms with E-state index in [1.807, 2.05) is 24.1 Å². The van der Waals surface area contributed by atoms with E-state index >= 15 is 0 Å². The summed E-state index contributed by atoms with van der Waals surface area (Å²) >= 11 is 1.45. The molecule has 0 aliphatic carbocycles. The molecule has 28 heavy (non-hydrogen) atoms. The van der Waals surface area contributed by atoms with Crippen molar-refractivity contribution in [3.8, 4) is 0 Å². The molecule has 2 aromatic heterocycles. The largest absolute Gasteiger partial charge is 0.335 e. The first-order chi connectivity index (χ1) is 13.4. The molecule has 0 spiro atoms. The summed E-state index contributed by atoms with van der Waals surface area (Å²) in [5.74, 6) is -0.188. The van der Waals surface area contributed by atoms with Crippen LogP contribution in [0.3, 0.4) is 0 Å². The molecule has 0 fully saturated rings. The van der Waals surface area contributed by atoms with Crippen LogP contribution in [0.2, 0.25) is 0 Å². The van der Waals surface area contributed by atoms with Crippen LogP contribution in [0.1, 0.15) is 40.2 Å². The summed E-state index contributed by atoms with van der Waals surface area (Å²) in [6.45, 7) is 3.07. The van der Waals surface area contributed by atoms with Crippen molar-refractivity contribution in [2.75, 3.05) is 32.1 Å². The summed E-state index contributed by atoms with van der Waals surface area (Å²) in [5, 5.41) is 4.92. The second kappa shape index (κ2) is 7.05. The Kier molecular flexibility index (Phi) is 4.70. The van der Waals surface area contributed by atoms with Crippen LogP contribution in [0.4, 0.5) is 5.00 Å². The van der Waals surface area contributed by atoms with Gasteiger partial charge in [-0.25, -0.2) is 0 Å². The summed E-state index contributed by atoms with van der Waals surface area (Å²) in [7, 11) is 3.37.